The van der Waals surface area contributed by atoms with Gasteiger partial charge in [-0.25, -0.2) is 0 Å². The number of benzene rings is 1. The van der Waals surface area contributed by atoms with Crippen LogP contribution >= 0.6 is 0 Å². The summed E-state index contributed by atoms with van der Waals surface area (Å²) in [6, 6.07) is 13.1. The lowest BCUT2D eigenvalue weighted by molar-refractivity contribution is -0.136. The number of carbonyl (C=O) groups is 1. The van der Waals surface area contributed by atoms with Gasteiger partial charge in [-0.15, -0.1) is 0 Å². The van der Waals surface area contributed by atoms with Gasteiger partial charge in [0.25, 0.3) is 0 Å². The SMILES string of the molecule is Cc1ccnn1C(C)C(=O)N1C[C@@H](c2ccccc2)[C@H]2[C@H]1CCCCCN2C. The van der Waals surface area contributed by atoms with E-state index in [-0.39, 0.29) is 18.0 Å². The van der Waals surface area contributed by atoms with Crippen LogP contribution in [0.2, 0.25) is 0 Å². The summed E-state index contributed by atoms with van der Waals surface area (Å²) in [5.74, 6) is 0.568. The highest BCUT2D eigenvalue weighted by molar-refractivity contribution is 5.81. The molecular weight excluding hydrogens is 348 g/mol. The number of hydrogen-bond donors (Lipinski definition) is 0. The minimum Gasteiger partial charge on any atom is -0.336 e. The lowest BCUT2D eigenvalue weighted by atomic mass is 9.87. The average molecular weight is 381 g/mol. The molecule has 2 aliphatic heterocycles. The van der Waals surface area contributed by atoms with E-state index in [1.165, 1.54) is 24.8 Å². The first-order valence-corrected chi connectivity index (χ1v) is 10.6. The third-order valence-electron chi connectivity index (χ3n) is 6.72. The fraction of sp³-hybridized carbons (Fsp3) is 0.565. The number of likely N-dealkylation sites (N-methyl/N-ethyl adjacent to an activating group) is 1. The monoisotopic (exact) mass is 380 g/mol. The van der Waals surface area contributed by atoms with E-state index in [1.54, 1.807) is 6.20 Å². The molecular formula is C23H32N4O. The molecule has 2 saturated heterocycles. The minimum absolute atomic E-state index is 0.203. The highest BCUT2D eigenvalue weighted by Crippen LogP contribution is 2.39. The second-order valence-electron chi connectivity index (χ2n) is 8.49. The van der Waals surface area contributed by atoms with E-state index >= 15 is 0 Å². The fourth-order valence-electron chi connectivity index (χ4n) is 5.26. The Bertz CT molecular complexity index is 802. The zero-order valence-corrected chi connectivity index (χ0v) is 17.3. The number of nitrogens with zero attached hydrogens (tertiary/aromatic N) is 4. The Labute approximate surface area is 168 Å². The van der Waals surface area contributed by atoms with Gasteiger partial charge in [0, 0.05) is 36.4 Å². The molecule has 4 atom stereocenters. The predicted molar refractivity (Wildman–Crippen MR) is 111 cm³/mol. The number of likely N-dealkylation sites (tertiary alicyclic amines) is 2. The summed E-state index contributed by atoms with van der Waals surface area (Å²) in [6.45, 7) is 5.91. The van der Waals surface area contributed by atoms with Crippen LogP contribution in [0.3, 0.4) is 0 Å². The van der Waals surface area contributed by atoms with Crippen LogP contribution in [0.4, 0.5) is 0 Å². The number of rotatable bonds is 3. The summed E-state index contributed by atoms with van der Waals surface area (Å²) >= 11 is 0. The molecule has 1 aromatic heterocycles. The Hall–Kier alpha value is -2.14. The minimum atomic E-state index is -0.263. The number of amides is 1. The Balaban J connectivity index is 1.66. The number of aryl methyl sites for hydroxylation is 1. The third-order valence-corrected chi connectivity index (χ3v) is 6.72. The molecule has 0 N–H and O–H groups in total. The smallest absolute Gasteiger partial charge is 0.247 e. The number of carbonyl (C=O) groups excluding carboxylic acids is 1. The van der Waals surface area contributed by atoms with Crippen molar-refractivity contribution in [1.29, 1.82) is 0 Å². The van der Waals surface area contributed by atoms with Crippen LogP contribution in [-0.4, -0.2) is 57.7 Å². The molecule has 2 fully saturated rings. The maximum atomic E-state index is 13.6. The van der Waals surface area contributed by atoms with Crippen LogP contribution in [-0.2, 0) is 4.79 Å². The molecule has 0 aliphatic carbocycles. The second kappa shape index (κ2) is 8.08. The van der Waals surface area contributed by atoms with Crippen molar-refractivity contribution in [3.8, 4) is 0 Å². The van der Waals surface area contributed by atoms with Gasteiger partial charge >= 0.3 is 0 Å². The number of hydrogen-bond acceptors (Lipinski definition) is 3. The van der Waals surface area contributed by atoms with Gasteiger partial charge in [0.15, 0.2) is 0 Å². The van der Waals surface area contributed by atoms with E-state index < -0.39 is 0 Å². The van der Waals surface area contributed by atoms with Crippen LogP contribution in [0, 0.1) is 6.92 Å². The van der Waals surface area contributed by atoms with Crippen molar-refractivity contribution in [1.82, 2.24) is 19.6 Å². The number of fused-ring (bicyclic) bond motifs is 1. The molecule has 3 heterocycles. The van der Waals surface area contributed by atoms with Gasteiger partial charge in [-0.05, 0) is 51.9 Å². The molecule has 1 amide bonds. The standard InChI is InChI=1S/C23H32N4O/c1-17-13-14-24-27(17)18(2)23(28)26-16-20(19-10-6-4-7-11-19)22-21(26)12-8-5-9-15-25(22)3/h4,6-7,10-11,13-14,18,20-22H,5,8-9,12,15-16H2,1-3H3/t18?,20-,21+,22-/m0/s1. The second-order valence-corrected chi connectivity index (χ2v) is 8.49. The van der Waals surface area contributed by atoms with Crippen molar-refractivity contribution in [2.45, 2.75) is 63.6 Å². The molecule has 0 radical (unpaired) electrons. The Morgan fingerprint density at radius 1 is 1.14 bits per heavy atom. The molecule has 0 bridgehead atoms. The van der Waals surface area contributed by atoms with Gasteiger partial charge in [0.1, 0.15) is 6.04 Å². The van der Waals surface area contributed by atoms with E-state index in [1.807, 2.05) is 24.6 Å². The van der Waals surface area contributed by atoms with E-state index in [0.29, 0.717) is 12.0 Å². The molecule has 5 heteroatoms. The third kappa shape index (κ3) is 3.48. The van der Waals surface area contributed by atoms with Gasteiger partial charge < -0.3 is 9.80 Å². The fourth-order valence-corrected chi connectivity index (χ4v) is 5.26. The Kier molecular flexibility index (Phi) is 5.54. The molecule has 2 aromatic rings. The van der Waals surface area contributed by atoms with Crippen LogP contribution in [0.1, 0.15) is 55.8 Å². The summed E-state index contributed by atoms with van der Waals surface area (Å²) in [4.78, 5) is 18.3. The van der Waals surface area contributed by atoms with Crippen molar-refractivity contribution < 1.29 is 4.79 Å². The van der Waals surface area contributed by atoms with Crippen molar-refractivity contribution in [2.24, 2.45) is 0 Å². The van der Waals surface area contributed by atoms with Crippen LogP contribution < -0.4 is 0 Å². The molecule has 0 saturated carbocycles. The zero-order chi connectivity index (χ0) is 19.7. The first-order chi connectivity index (χ1) is 13.6. The predicted octanol–water partition coefficient (Wildman–Crippen LogP) is 3.62. The summed E-state index contributed by atoms with van der Waals surface area (Å²) in [6.07, 6.45) is 6.57. The first kappa shape index (κ1) is 19.2. The molecule has 2 aliphatic rings. The van der Waals surface area contributed by atoms with Gasteiger partial charge in [0.05, 0.1) is 0 Å². The lowest BCUT2D eigenvalue weighted by Crippen LogP contribution is -2.49. The highest BCUT2D eigenvalue weighted by Gasteiger charge is 2.47. The van der Waals surface area contributed by atoms with E-state index in [2.05, 4.69) is 52.3 Å². The lowest BCUT2D eigenvalue weighted by Gasteiger charge is -2.37. The van der Waals surface area contributed by atoms with Gasteiger partial charge in [-0.2, -0.15) is 5.10 Å². The molecule has 1 aromatic carbocycles. The van der Waals surface area contributed by atoms with Crippen molar-refractivity contribution in [3.63, 3.8) is 0 Å². The molecule has 150 valence electrons. The topological polar surface area (TPSA) is 41.4 Å². The Morgan fingerprint density at radius 2 is 1.93 bits per heavy atom. The van der Waals surface area contributed by atoms with Crippen molar-refractivity contribution in [2.75, 3.05) is 20.1 Å². The maximum absolute atomic E-state index is 13.6. The molecule has 1 unspecified atom stereocenters. The largest absolute Gasteiger partial charge is 0.336 e. The molecule has 0 spiro atoms. The first-order valence-electron chi connectivity index (χ1n) is 10.6. The molecule has 4 rings (SSSR count). The zero-order valence-electron chi connectivity index (χ0n) is 17.3. The van der Waals surface area contributed by atoms with Crippen molar-refractivity contribution in [3.05, 3.63) is 53.9 Å². The molecule has 5 nitrogen and oxygen atoms in total. The van der Waals surface area contributed by atoms with Gasteiger partial charge in [0.2, 0.25) is 5.91 Å². The molecule has 28 heavy (non-hydrogen) atoms. The van der Waals surface area contributed by atoms with Crippen molar-refractivity contribution >= 4 is 5.91 Å². The van der Waals surface area contributed by atoms with Crippen LogP contribution in [0.25, 0.3) is 0 Å². The summed E-state index contributed by atoms with van der Waals surface area (Å²) in [5.41, 5.74) is 2.38. The van der Waals surface area contributed by atoms with E-state index in [0.717, 1.165) is 25.2 Å². The quantitative estimate of drug-likeness (QED) is 0.817. The highest BCUT2D eigenvalue weighted by atomic mass is 16.2. The average Bonchev–Trinajstić information content (AvgIpc) is 3.29. The summed E-state index contributed by atoms with van der Waals surface area (Å²) in [7, 11) is 2.24. The van der Waals surface area contributed by atoms with Crippen LogP contribution in [0.5, 0.6) is 0 Å². The number of aromatic nitrogens is 2. The normalized spacial score (nSPS) is 27.1. The van der Waals surface area contributed by atoms with E-state index in [4.69, 9.17) is 0 Å². The summed E-state index contributed by atoms with van der Waals surface area (Å²) in [5, 5.41) is 4.40. The van der Waals surface area contributed by atoms with Gasteiger partial charge in [-0.1, -0.05) is 43.2 Å². The summed E-state index contributed by atoms with van der Waals surface area (Å²) < 4.78 is 1.86. The van der Waals surface area contributed by atoms with E-state index in [9.17, 15) is 4.79 Å². The Morgan fingerprint density at radius 3 is 2.64 bits per heavy atom. The maximum Gasteiger partial charge on any atom is 0.247 e. The van der Waals surface area contributed by atoms with Crippen LogP contribution in [0.15, 0.2) is 42.6 Å². The van der Waals surface area contributed by atoms with Gasteiger partial charge in [-0.3, -0.25) is 9.48 Å².